The summed E-state index contributed by atoms with van der Waals surface area (Å²) in [5.74, 6) is 0.0195. The van der Waals surface area contributed by atoms with Gasteiger partial charge in [-0.05, 0) is 25.5 Å². The van der Waals surface area contributed by atoms with Gasteiger partial charge in [-0.25, -0.2) is 4.98 Å². The first-order chi connectivity index (χ1) is 8.47. The summed E-state index contributed by atoms with van der Waals surface area (Å²) < 4.78 is 0. The highest BCUT2D eigenvalue weighted by atomic mass is 35.5. The lowest BCUT2D eigenvalue weighted by Gasteiger charge is -2.17. The van der Waals surface area contributed by atoms with E-state index in [-0.39, 0.29) is 22.1 Å². The zero-order chi connectivity index (χ0) is 13.3. The van der Waals surface area contributed by atoms with Crippen molar-refractivity contribution in [2.75, 3.05) is 13.1 Å². The van der Waals surface area contributed by atoms with Crippen molar-refractivity contribution in [3.05, 3.63) is 28.0 Å². The van der Waals surface area contributed by atoms with Crippen molar-refractivity contribution >= 4 is 29.1 Å². The van der Waals surface area contributed by atoms with E-state index in [0.717, 1.165) is 6.42 Å². The number of aromatic nitrogens is 1. The van der Waals surface area contributed by atoms with E-state index < -0.39 is 6.10 Å². The Bertz CT molecular complexity index is 445. The SMILES string of the molecule is CC(O)C1CCN(C(=O)c2cc(Cl)nc(Cl)c2)C1. The molecule has 0 bridgehead atoms. The molecule has 98 valence electrons. The van der Waals surface area contributed by atoms with Gasteiger partial charge in [-0.1, -0.05) is 23.2 Å². The molecule has 4 nitrogen and oxygen atoms in total. The van der Waals surface area contributed by atoms with Crippen molar-refractivity contribution in [3.63, 3.8) is 0 Å². The molecule has 1 saturated heterocycles. The van der Waals surface area contributed by atoms with Crippen LogP contribution in [0.15, 0.2) is 12.1 Å². The number of hydrogen-bond acceptors (Lipinski definition) is 3. The highest BCUT2D eigenvalue weighted by molar-refractivity contribution is 6.33. The molecule has 1 aliphatic heterocycles. The fourth-order valence-electron chi connectivity index (χ4n) is 2.14. The van der Waals surface area contributed by atoms with Crippen LogP contribution in [0, 0.1) is 5.92 Å². The third-order valence-corrected chi connectivity index (χ3v) is 3.59. The first-order valence-electron chi connectivity index (χ1n) is 5.78. The summed E-state index contributed by atoms with van der Waals surface area (Å²) in [6.07, 6.45) is 0.420. The smallest absolute Gasteiger partial charge is 0.254 e. The molecule has 2 heterocycles. The van der Waals surface area contributed by atoms with Crippen LogP contribution in [0.3, 0.4) is 0 Å². The quantitative estimate of drug-likeness (QED) is 0.849. The minimum absolute atomic E-state index is 0.121. The second-order valence-corrected chi connectivity index (χ2v) is 5.32. The first kappa shape index (κ1) is 13.6. The number of amides is 1. The van der Waals surface area contributed by atoms with Gasteiger partial charge in [0.15, 0.2) is 0 Å². The standard InChI is InChI=1S/C12H14Cl2N2O2/c1-7(17)8-2-3-16(6-8)12(18)9-4-10(13)15-11(14)5-9/h4-5,7-8,17H,2-3,6H2,1H3. The molecule has 0 radical (unpaired) electrons. The molecule has 0 aromatic carbocycles. The number of nitrogens with zero attached hydrogens (tertiary/aromatic N) is 2. The summed E-state index contributed by atoms with van der Waals surface area (Å²) in [4.78, 5) is 17.7. The summed E-state index contributed by atoms with van der Waals surface area (Å²) in [5.41, 5.74) is 0.436. The van der Waals surface area contributed by atoms with E-state index in [0.29, 0.717) is 18.7 Å². The summed E-state index contributed by atoms with van der Waals surface area (Å²) in [7, 11) is 0. The van der Waals surface area contributed by atoms with E-state index in [1.54, 1.807) is 11.8 Å². The lowest BCUT2D eigenvalue weighted by molar-refractivity contribution is 0.0762. The molecular weight excluding hydrogens is 275 g/mol. The van der Waals surface area contributed by atoms with Gasteiger partial charge in [0, 0.05) is 24.6 Å². The predicted octanol–water partition coefficient (Wildman–Crippen LogP) is 2.23. The average molecular weight is 289 g/mol. The Hall–Kier alpha value is -0.840. The summed E-state index contributed by atoms with van der Waals surface area (Å²) in [5, 5.41) is 9.93. The Morgan fingerprint density at radius 2 is 2.11 bits per heavy atom. The van der Waals surface area contributed by atoms with E-state index in [9.17, 15) is 9.90 Å². The largest absolute Gasteiger partial charge is 0.393 e. The molecule has 2 unspecified atom stereocenters. The molecule has 1 aromatic heterocycles. The molecule has 0 spiro atoms. The lowest BCUT2D eigenvalue weighted by atomic mass is 10.0. The highest BCUT2D eigenvalue weighted by Gasteiger charge is 2.29. The van der Waals surface area contributed by atoms with E-state index >= 15 is 0 Å². The Morgan fingerprint density at radius 3 is 2.61 bits per heavy atom. The maximum Gasteiger partial charge on any atom is 0.254 e. The summed E-state index contributed by atoms with van der Waals surface area (Å²) in [6, 6.07) is 3.01. The Morgan fingerprint density at radius 1 is 1.50 bits per heavy atom. The predicted molar refractivity (Wildman–Crippen MR) is 69.9 cm³/mol. The van der Waals surface area contributed by atoms with E-state index in [1.165, 1.54) is 12.1 Å². The minimum Gasteiger partial charge on any atom is -0.393 e. The number of aliphatic hydroxyl groups excluding tert-OH is 1. The van der Waals surface area contributed by atoms with Crippen molar-refractivity contribution in [1.82, 2.24) is 9.88 Å². The molecule has 18 heavy (non-hydrogen) atoms. The zero-order valence-electron chi connectivity index (χ0n) is 9.94. The summed E-state index contributed by atoms with van der Waals surface area (Å²) in [6.45, 7) is 2.96. The monoisotopic (exact) mass is 288 g/mol. The zero-order valence-corrected chi connectivity index (χ0v) is 11.4. The highest BCUT2D eigenvalue weighted by Crippen LogP contribution is 2.23. The number of rotatable bonds is 2. The van der Waals surface area contributed by atoms with Gasteiger partial charge in [0.25, 0.3) is 5.91 Å². The van der Waals surface area contributed by atoms with Crippen LogP contribution < -0.4 is 0 Å². The molecule has 1 N–H and O–H groups in total. The van der Waals surface area contributed by atoms with Crippen molar-refractivity contribution in [3.8, 4) is 0 Å². The van der Waals surface area contributed by atoms with Crippen LogP contribution in [0.2, 0.25) is 10.3 Å². The normalized spacial score (nSPS) is 21.1. The second kappa shape index (κ2) is 5.43. The number of carbonyl (C=O) groups is 1. The van der Waals surface area contributed by atoms with E-state index in [4.69, 9.17) is 23.2 Å². The van der Waals surface area contributed by atoms with Crippen LogP contribution in [0.25, 0.3) is 0 Å². The van der Waals surface area contributed by atoms with Gasteiger partial charge in [0.05, 0.1) is 6.10 Å². The lowest BCUT2D eigenvalue weighted by Crippen LogP contribution is -2.30. The Labute approximate surface area is 116 Å². The summed E-state index contributed by atoms with van der Waals surface area (Å²) >= 11 is 11.5. The van der Waals surface area contributed by atoms with Crippen LogP contribution in [0.5, 0.6) is 0 Å². The molecular formula is C12H14Cl2N2O2. The third-order valence-electron chi connectivity index (χ3n) is 3.20. The van der Waals surface area contributed by atoms with Gasteiger partial charge in [-0.3, -0.25) is 4.79 Å². The molecule has 2 atom stereocenters. The van der Waals surface area contributed by atoms with Gasteiger partial charge in [-0.15, -0.1) is 0 Å². The maximum absolute atomic E-state index is 12.2. The first-order valence-corrected chi connectivity index (χ1v) is 6.53. The number of pyridine rings is 1. The molecule has 1 fully saturated rings. The fourth-order valence-corrected chi connectivity index (χ4v) is 2.60. The Kier molecular flexibility index (Phi) is 4.10. The van der Waals surface area contributed by atoms with Crippen molar-refractivity contribution < 1.29 is 9.90 Å². The maximum atomic E-state index is 12.2. The van der Waals surface area contributed by atoms with Gasteiger partial charge in [0.1, 0.15) is 10.3 Å². The molecule has 2 rings (SSSR count). The van der Waals surface area contributed by atoms with E-state index in [1.807, 2.05) is 0 Å². The number of hydrogen-bond donors (Lipinski definition) is 1. The average Bonchev–Trinajstić information content (AvgIpc) is 2.75. The van der Waals surface area contributed by atoms with Crippen LogP contribution in [-0.2, 0) is 0 Å². The minimum atomic E-state index is -0.396. The topological polar surface area (TPSA) is 53.4 Å². The van der Waals surface area contributed by atoms with Gasteiger partial charge >= 0.3 is 0 Å². The van der Waals surface area contributed by atoms with Gasteiger partial charge < -0.3 is 10.0 Å². The second-order valence-electron chi connectivity index (χ2n) is 4.54. The van der Waals surface area contributed by atoms with Crippen molar-refractivity contribution in [2.45, 2.75) is 19.4 Å². The molecule has 1 aromatic rings. The molecule has 0 aliphatic carbocycles. The van der Waals surface area contributed by atoms with Gasteiger partial charge in [0.2, 0.25) is 0 Å². The fraction of sp³-hybridized carbons (Fsp3) is 0.500. The van der Waals surface area contributed by atoms with E-state index in [2.05, 4.69) is 4.98 Å². The van der Waals surface area contributed by atoms with Crippen LogP contribution >= 0.6 is 23.2 Å². The third kappa shape index (κ3) is 2.94. The molecule has 6 heteroatoms. The molecule has 1 aliphatic rings. The van der Waals surface area contributed by atoms with Crippen molar-refractivity contribution in [2.24, 2.45) is 5.92 Å². The van der Waals surface area contributed by atoms with Gasteiger partial charge in [-0.2, -0.15) is 0 Å². The Balaban J connectivity index is 2.12. The number of likely N-dealkylation sites (tertiary alicyclic amines) is 1. The van der Waals surface area contributed by atoms with Crippen LogP contribution in [0.1, 0.15) is 23.7 Å². The van der Waals surface area contributed by atoms with Crippen molar-refractivity contribution in [1.29, 1.82) is 0 Å². The molecule has 0 saturated carbocycles. The van der Waals surface area contributed by atoms with Crippen LogP contribution in [0.4, 0.5) is 0 Å². The number of aliphatic hydroxyl groups is 1. The van der Waals surface area contributed by atoms with Crippen LogP contribution in [-0.4, -0.2) is 40.1 Å². The number of halogens is 2. The number of carbonyl (C=O) groups excluding carboxylic acids is 1. The molecule has 1 amide bonds.